The Kier molecular flexibility index (Phi) is 5.06. The fraction of sp³-hybridized carbons (Fsp3) is 0.308. The molecule has 0 bridgehead atoms. The zero-order valence-corrected chi connectivity index (χ0v) is 10.3. The second-order valence-electron chi connectivity index (χ2n) is 3.70. The van der Waals surface area contributed by atoms with Gasteiger partial charge < -0.3 is 5.32 Å². The van der Waals surface area contributed by atoms with Crippen molar-refractivity contribution < 1.29 is 4.79 Å². The van der Waals surface area contributed by atoms with E-state index < -0.39 is 0 Å². The zero-order valence-electron chi connectivity index (χ0n) is 9.59. The minimum absolute atomic E-state index is 0.00164. The number of amides is 1. The van der Waals surface area contributed by atoms with E-state index in [4.69, 9.17) is 11.6 Å². The summed E-state index contributed by atoms with van der Waals surface area (Å²) in [6, 6.07) is 5.96. The summed E-state index contributed by atoms with van der Waals surface area (Å²) in [4.78, 5) is 10.6. The topological polar surface area (TPSA) is 29.1 Å². The standard InChI is InChI=1S/C13H16ClNO/c1-10-6-7-12(13(14)9-10)5-3-4-8-15-11(2)16/h3,5-7,9H,4,8H2,1-2H3,(H,15,16). The number of carbonyl (C=O) groups is 1. The molecule has 1 aromatic carbocycles. The van der Waals surface area contributed by atoms with Gasteiger partial charge in [-0.2, -0.15) is 0 Å². The van der Waals surface area contributed by atoms with E-state index >= 15 is 0 Å². The lowest BCUT2D eigenvalue weighted by Gasteiger charge is -2.00. The second kappa shape index (κ2) is 6.33. The second-order valence-corrected chi connectivity index (χ2v) is 4.11. The molecule has 86 valence electrons. The third kappa shape index (κ3) is 4.49. The molecule has 0 fully saturated rings. The average Bonchev–Trinajstić information content (AvgIpc) is 2.20. The molecule has 0 aliphatic heterocycles. The first-order chi connectivity index (χ1) is 7.59. The minimum atomic E-state index is 0.00164. The average molecular weight is 238 g/mol. The monoisotopic (exact) mass is 237 g/mol. The van der Waals surface area contributed by atoms with Gasteiger partial charge in [-0.05, 0) is 30.5 Å². The van der Waals surface area contributed by atoms with Gasteiger partial charge in [-0.3, -0.25) is 4.79 Å². The lowest BCUT2D eigenvalue weighted by molar-refractivity contribution is -0.118. The maximum absolute atomic E-state index is 10.6. The van der Waals surface area contributed by atoms with Crippen LogP contribution in [0.3, 0.4) is 0 Å². The number of benzene rings is 1. The molecule has 0 atom stereocenters. The van der Waals surface area contributed by atoms with Crippen molar-refractivity contribution in [2.45, 2.75) is 20.3 Å². The highest BCUT2D eigenvalue weighted by molar-refractivity contribution is 6.32. The fourth-order valence-corrected chi connectivity index (χ4v) is 1.61. The number of rotatable bonds is 4. The van der Waals surface area contributed by atoms with E-state index in [2.05, 4.69) is 5.32 Å². The highest BCUT2D eigenvalue weighted by Crippen LogP contribution is 2.18. The number of carbonyl (C=O) groups excluding carboxylic acids is 1. The SMILES string of the molecule is CC(=O)NCCC=Cc1ccc(C)cc1Cl. The molecule has 0 aromatic heterocycles. The Morgan fingerprint density at radius 2 is 2.25 bits per heavy atom. The van der Waals surface area contributed by atoms with Crippen molar-refractivity contribution in [2.24, 2.45) is 0 Å². The van der Waals surface area contributed by atoms with Gasteiger partial charge >= 0.3 is 0 Å². The van der Waals surface area contributed by atoms with Gasteiger partial charge in [0.1, 0.15) is 0 Å². The van der Waals surface area contributed by atoms with Crippen molar-refractivity contribution >= 4 is 23.6 Å². The van der Waals surface area contributed by atoms with E-state index in [0.29, 0.717) is 6.54 Å². The predicted octanol–water partition coefficient (Wildman–Crippen LogP) is 3.19. The third-order valence-corrected chi connectivity index (χ3v) is 2.47. The molecule has 0 unspecified atom stereocenters. The molecule has 0 saturated carbocycles. The van der Waals surface area contributed by atoms with Gasteiger partial charge in [-0.25, -0.2) is 0 Å². The van der Waals surface area contributed by atoms with Crippen molar-refractivity contribution in [1.29, 1.82) is 0 Å². The van der Waals surface area contributed by atoms with Gasteiger partial charge in [0, 0.05) is 18.5 Å². The van der Waals surface area contributed by atoms with Crippen LogP contribution in [0.1, 0.15) is 24.5 Å². The summed E-state index contributed by atoms with van der Waals surface area (Å²) < 4.78 is 0. The van der Waals surface area contributed by atoms with Crippen LogP contribution >= 0.6 is 11.6 Å². The first-order valence-corrected chi connectivity index (χ1v) is 5.64. The molecule has 1 aromatic rings. The van der Waals surface area contributed by atoms with E-state index in [1.54, 1.807) is 0 Å². The molecule has 0 radical (unpaired) electrons. The van der Waals surface area contributed by atoms with Crippen molar-refractivity contribution in [3.8, 4) is 0 Å². The Hall–Kier alpha value is -1.28. The van der Waals surface area contributed by atoms with Crippen molar-refractivity contribution in [3.05, 3.63) is 40.4 Å². The summed E-state index contributed by atoms with van der Waals surface area (Å²) in [7, 11) is 0. The van der Waals surface area contributed by atoms with Crippen LogP contribution in [-0.4, -0.2) is 12.5 Å². The van der Waals surface area contributed by atoms with Crippen LogP contribution in [0.2, 0.25) is 5.02 Å². The predicted molar refractivity (Wildman–Crippen MR) is 68.5 cm³/mol. The molecule has 0 spiro atoms. The molecule has 1 amide bonds. The maximum Gasteiger partial charge on any atom is 0.216 e. The van der Waals surface area contributed by atoms with Crippen LogP contribution in [-0.2, 0) is 4.79 Å². The summed E-state index contributed by atoms with van der Waals surface area (Å²) >= 11 is 6.07. The number of halogens is 1. The first-order valence-electron chi connectivity index (χ1n) is 5.26. The Morgan fingerprint density at radius 1 is 1.50 bits per heavy atom. The highest BCUT2D eigenvalue weighted by atomic mass is 35.5. The first kappa shape index (κ1) is 12.8. The molecule has 3 heteroatoms. The molecule has 2 nitrogen and oxygen atoms in total. The molecular formula is C13H16ClNO. The summed E-state index contributed by atoms with van der Waals surface area (Å²) in [5.74, 6) is 0.00164. The van der Waals surface area contributed by atoms with Crippen molar-refractivity contribution in [3.63, 3.8) is 0 Å². The lowest BCUT2D eigenvalue weighted by Crippen LogP contribution is -2.20. The fourth-order valence-electron chi connectivity index (χ4n) is 1.31. The van der Waals surface area contributed by atoms with E-state index in [9.17, 15) is 4.79 Å². The minimum Gasteiger partial charge on any atom is -0.356 e. The van der Waals surface area contributed by atoms with Gasteiger partial charge in [-0.1, -0.05) is 35.9 Å². The van der Waals surface area contributed by atoms with Gasteiger partial charge in [0.25, 0.3) is 0 Å². The Labute approximate surface area is 101 Å². The van der Waals surface area contributed by atoms with Crippen LogP contribution in [0, 0.1) is 6.92 Å². The van der Waals surface area contributed by atoms with Gasteiger partial charge in [0.2, 0.25) is 5.91 Å². The number of nitrogens with one attached hydrogen (secondary N) is 1. The third-order valence-electron chi connectivity index (χ3n) is 2.14. The Morgan fingerprint density at radius 3 is 2.88 bits per heavy atom. The molecule has 0 aliphatic carbocycles. The van der Waals surface area contributed by atoms with Crippen molar-refractivity contribution in [2.75, 3.05) is 6.54 Å². The molecule has 0 heterocycles. The van der Waals surface area contributed by atoms with Crippen LogP contribution in [0.5, 0.6) is 0 Å². The Bertz CT molecular complexity index is 399. The van der Waals surface area contributed by atoms with E-state index in [-0.39, 0.29) is 5.91 Å². The largest absolute Gasteiger partial charge is 0.356 e. The van der Waals surface area contributed by atoms with Crippen molar-refractivity contribution in [1.82, 2.24) is 5.32 Å². The molecular weight excluding hydrogens is 222 g/mol. The Balaban J connectivity index is 2.47. The van der Waals surface area contributed by atoms with Crippen LogP contribution in [0.4, 0.5) is 0 Å². The molecule has 1 rings (SSSR count). The molecule has 0 aliphatic rings. The van der Waals surface area contributed by atoms with Crippen LogP contribution < -0.4 is 5.32 Å². The maximum atomic E-state index is 10.6. The number of aryl methyl sites for hydroxylation is 1. The zero-order chi connectivity index (χ0) is 12.0. The lowest BCUT2D eigenvalue weighted by atomic mass is 10.1. The molecule has 0 saturated heterocycles. The smallest absolute Gasteiger partial charge is 0.216 e. The summed E-state index contributed by atoms with van der Waals surface area (Å²) in [6.45, 7) is 4.19. The van der Waals surface area contributed by atoms with E-state index in [0.717, 1.165) is 22.6 Å². The van der Waals surface area contributed by atoms with E-state index in [1.807, 2.05) is 37.3 Å². The normalized spacial score (nSPS) is 10.7. The van der Waals surface area contributed by atoms with E-state index in [1.165, 1.54) is 6.92 Å². The summed E-state index contributed by atoms with van der Waals surface area (Å²) in [6.07, 6.45) is 4.79. The van der Waals surface area contributed by atoms with Gasteiger partial charge in [-0.15, -0.1) is 0 Å². The van der Waals surface area contributed by atoms with Gasteiger partial charge in [0.05, 0.1) is 0 Å². The van der Waals surface area contributed by atoms with Crippen LogP contribution in [0.15, 0.2) is 24.3 Å². The number of hydrogen-bond acceptors (Lipinski definition) is 1. The summed E-state index contributed by atoms with van der Waals surface area (Å²) in [5.41, 5.74) is 2.16. The van der Waals surface area contributed by atoms with Crippen LogP contribution in [0.25, 0.3) is 6.08 Å². The molecule has 16 heavy (non-hydrogen) atoms. The molecule has 1 N–H and O–H groups in total. The number of hydrogen-bond donors (Lipinski definition) is 1. The quantitative estimate of drug-likeness (QED) is 0.801. The summed E-state index contributed by atoms with van der Waals surface area (Å²) in [5, 5.41) is 3.49. The van der Waals surface area contributed by atoms with Gasteiger partial charge in [0.15, 0.2) is 0 Å². The highest BCUT2D eigenvalue weighted by Gasteiger charge is 1.95.